The zero-order chi connectivity index (χ0) is 10.5. The van der Waals surface area contributed by atoms with E-state index in [0.29, 0.717) is 11.5 Å². The van der Waals surface area contributed by atoms with Gasteiger partial charge in [-0.15, -0.1) is 10.2 Å². The summed E-state index contributed by atoms with van der Waals surface area (Å²) in [5.41, 5.74) is 0.507. The lowest BCUT2D eigenvalue weighted by molar-refractivity contribution is -0.0265. The summed E-state index contributed by atoms with van der Waals surface area (Å²) in [4.78, 5) is 5.53. The van der Waals surface area contributed by atoms with E-state index in [1.807, 2.05) is 0 Å². The van der Waals surface area contributed by atoms with Gasteiger partial charge in [-0.3, -0.25) is 4.40 Å². The second kappa shape index (κ2) is 2.62. The van der Waals surface area contributed by atoms with E-state index in [1.165, 1.54) is 11.2 Å². The van der Waals surface area contributed by atoms with E-state index in [-0.39, 0.29) is 13.1 Å². The van der Waals surface area contributed by atoms with Crippen molar-refractivity contribution in [3.63, 3.8) is 0 Å². The zero-order valence-electron chi connectivity index (χ0n) is 7.64. The third kappa shape index (κ3) is 1.23. The van der Waals surface area contributed by atoms with Crippen LogP contribution in [0.3, 0.4) is 0 Å². The number of hydrogen-bond acceptors (Lipinski definition) is 4. The normalized spacial score (nSPS) is 19.2. The zero-order valence-corrected chi connectivity index (χ0v) is 7.64. The van der Waals surface area contributed by atoms with Crippen LogP contribution in [0.5, 0.6) is 0 Å². The van der Waals surface area contributed by atoms with Gasteiger partial charge in [0.1, 0.15) is 6.33 Å². The van der Waals surface area contributed by atoms with Gasteiger partial charge in [-0.1, -0.05) is 0 Å². The molecule has 0 spiro atoms. The molecule has 1 fully saturated rings. The molecule has 3 rings (SSSR count). The number of hydrogen-bond donors (Lipinski definition) is 0. The molecule has 0 amide bonds. The van der Waals surface area contributed by atoms with E-state index in [9.17, 15) is 8.78 Å². The molecule has 0 aliphatic carbocycles. The van der Waals surface area contributed by atoms with Crippen LogP contribution in [0, 0.1) is 0 Å². The fraction of sp³-hybridized carbons (Fsp3) is 0.375. The van der Waals surface area contributed by atoms with Crippen molar-refractivity contribution in [1.29, 1.82) is 0 Å². The van der Waals surface area contributed by atoms with E-state index in [0.717, 1.165) is 0 Å². The van der Waals surface area contributed by atoms with Gasteiger partial charge >= 0.3 is 0 Å². The van der Waals surface area contributed by atoms with E-state index >= 15 is 0 Å². The molecule has 7 heteroatoms. The number of anilines is 1. The summed E-state index contributed by atoms with van der Waals surface area (Å²) in [5, 5.41) is 7.53. The van der Waals surface area contributed by atoms with Crippen molar-refractivity contribution in [2.45, 2.75) is 5.92 Å². The molecule has 1 aliphatic rings. The Kier molecular flexibility index (Phi) is 1.49. The molecule has 0 N–H and O–H groups in total. The lowest BCUT2D eigenvalue weighted by atomic mass is 10.1. The molecule has 78 valence electrons. The Morgan fingerprint density at radius 2 is 2.13 bits per heavy atom. The van der Waals surface area contributed by atoms with Crippen LogP contribution in [-0.4, -0.2) is 38.6 Å². The molecule has 0 unspecified atom stereocenters. The van der Waals surface area contributed by atoms with Gasteiger partial charge in [0.25, 0.3) is 5.92 Å². The Hall–Kier alpha value is -1.79. The second-order valence-electron chi connectivity index (χ2n) is 3.52. The van der Waals surface area contributed by atoms with Crippen molar-refractivity contribution in [2.75, 3.05) is 18.0 Å². The maximum Gasteiger partial charge on any atom is 0.282 e. The first-order valence-corrected chi connectivity index (χ1v) is 4.43. The SMILES string of the molecule is FC1(F)CN(c2nccn3cnnc23)C1. The van der Waals surface area contributed by atoms with Gasteiger partial charge in [-0.25, -0.2) is 13.8 Å². The van der Waals surface area contributed by atoms with E-state index in [2.05, 4.69) is 15.2 Å². The minimum Gasteiger partial charge on any atom is -0.341 e. The van der Waals surface area contributed by atoms with Crippen molar-refractivity contribution >= 4 is 11.5 Å². The first-order chi connectivity index (χ1) is 7.16. The fourth-order valence-electron chi connectivity index (χ4n) is 1.63. The van der Waals surface area contributed by atoms with Crippen molar-refractivity contribution in [3.8, 4) is 0 Å². The van der Waals surface area contributed by atoms with E-state index < -0.39 is 5.92 Å². The molecule has 1 aliphatic heterocycles. The predicted molar refractivity (Wildman–Crippen MR) is 47.9 cm³/mol. The molecule has 2 aromatic rings. The summed E-state index contributed by atoms with van der Waals surface area (Å²) in [6, 6.07) is 0. The van der Waals surface area contributed by atoms with E-state index in [4.69, 9.17) is 0 Å². The molecule has 0 radical (unpaired) electrons. The topological polar surface area (TPSA) is 46.3 Å². The highest BCUT2D eigenvalue weighted by atomic mass is 19.3. The van der Waals surface area contributed by atoms with Crippen LogP contribution in [0.25, 0.3) is 5.65 Å². The van der Waals surface area contributed by atoms with Crippen molar-refractivity contribution in [3.05, 3.63) is 18.7 Å². The highest BCUT2D eigenvalue weighted by molar-refractivity contribution is 5.64. The molecule has 3 heterocycles. The largest absolute Gasteiger partial charge is 0.341 e. The number of fused-ring (bicyclic) bond motifs is 1. The Balaban J connectivity index is 2.02. The molecule has 0 atom stereocenters. The van der Waals surface area contributed by atoms with Gasteiger partial charge in [-0.2, -0.15) is 0 Å². The Labute approximate surface area is 83.4 Å². The fourth-order valence-corrected chi connectivity index (χ4v) is 1.63. The molecule has 15 heavy (non-hydrogen) atoms. The van der Waals surface area contributed by atoms with Crippen LogP contribution in [0.1, 0.15) is 0 Å². The van der Waals surface area contributed by atoms with Crippen molar-refractivity contribution in [1.82, 2.24) is 19.6 Å². The van der Waals surface area contributed by atoms with Crippen LogP contribution >= 0.6 is 0 Å². The number of halogens is 2. The summed E-state index contributed by atoms with van der Waals surface area (Å²) in [7, 11) is 0. The van der Waals surface area contributed by atoms with Gasteiger partial charge in [0.2, 0.25) is 5.65 Å². The molecule has 0 bridgehead atoms. The van der Waals surface area contributed by atoms with Gasteiger partial charge in [0.05, 0.1) is 13.1 Å². The monoisotopic (exact) mass is 211 g/mol. The quantitative estimate of drug-likeness (QED) is 0.692. The van der Waals surface area contributed by atoms with Gasteiger partial charge in [0.15, 0.2) is 5.82 Å². The molecule has 2 aromatic heterocycles. The van der Waals surface area contributed by atoms with Crippen LogP contribution in [0.2, 0.25) is 0 Å². The maximum absolute atomic E-state index is 12.7. The minimum atomic E-state index is -2.60. The number of rotatable bonds is 1. The first-order valence-electron chi connectivity index (χ1n) is 4.43. The molecule has 0 aromatic carbocycles. The smallest absolute Gasteiger partial charge is 0.282 e. The van der Waals surface area contributed by atoms with Gasteiger partial charge in [0, 0.05) is 12.4 Å². The highest BCUT2D eigenvalue weighted by Gasteiger charge is 2.45. The summed E-state index contributed by atoms with van der Waals surface area (Å²) in [5.74, 6) is -2.14. The number of nitrogens with zero attached hydrogens (tertiary/aromatic N) is 5. The van der Waals surface area contributed by atoms with E-state index in [1.54, 1.807) is 16.8 Å². The second-order valence-corrected chi connectivity index (χ2v) is 3.52. The Morgan fingerprint density at radius 3 is 2.87 bits per heavy atom. The maximum atomic E-state index is 12.7. The third-order valence-corrected chi connectivity index (χ3v) is 2.34. The molecular formula is C8H7F2N5. The van der Waals surface area contributed by atoms with Crippen LogP contribution in [0.15, 0.2) is 18.7 Å². The molecule has 5 nitrogen and oxygen atoms in total. The Morgan fingerprint density at radius 1 is 1.33 bits per heavy atom. The predicted octanol–water partition coefficient (Wildman–Crippen LogP) is 0.580. The Bertz CT molecular complexity index is 500. The average Bonchev–Trinajstić information content (AvgIpc) is 2.60. The molecule has 1 saturated heterocycles. The molecule has 0 saturated carbocycles. The average molecular weight is 211 g/mol. The summed E-state index contributed by atoms with van der Waals surface area (Å²) in [6.07, 6.45) is 4.73. The van der Waals surface area contributed by atoms with Crippen molar-refractivity contribution in [2.24, 2.45) is 0 Å². The van der Waals surface area contributed by atoms with Crippen LogP contribution in [-0.2, 0) is 0 Å². The van der Waals surface area contributed by atoms with Crippen LogP contribution in [0.4, 0.5) is 14.6 Å². The lowest BCUT2D eigenvalue weighted by Crippen LogP contribution is -2.56. The summed E-state index contributed by atoms with van der Waals surface area (Å²) in [6.45, 7) is -0.598. The third-order valence-electron chi connectivity index (χ3n) is 2.34. The summed E-state index contributed by atoms with van der Waals surface area (Å²) >= 11 is 0. The first kappa shape index (κ1) is 8.51. The minimum absolute atomic E-state index is 0.299. The highest BCUT2D eigenvalue weighted by Crippen LogP contribution is 2.31. The molecular weight excluding hydrogens is 204 g/mol. The number of alkyl halides is 2. The standard InChI is InChI=1S/C8H7F2N5/c9-8(10)3-15(4-8)6-7-13-12-5-14(7)2-1-11-6/h1-2,5H,3-4H2. The summed E-state index contributed by atoms with van der Waals surface area (Å²) < 4.78 is 27.0. The number of aromatic nitrogens is 4. The lowest BCUT2D eigenvalue weighted by Gasteiger charge is -2.39. The van der Waals surface area contributed by atoms with Crippen LogP contribution < -0.4 is 4.90 Å². The van der Waals surface area contributed by atoms with Crippen molar-refractivity contribution < 1.29 is 8.78 Å². The van der Waals surface area contributed by atoms with Gasteiger partial charge < -0.3 is 4.90 Å². The van der Waals surface area contributed by atoms with Gasteiger partial charge in [-0.05, 0) is 0 Å².